The summed E-state index contributed by atoms with van der Waals surface area (Å²) in [6.45, 7) is 6.19. The van der Waals surface area contributed by atoms with Crippen molar-refractivity contribution in [2.75, 3.05) is 18.0 Å². The van der Waals surface area contributed by atoms with Gasteiger partial charge in [0.1, 0.15) is 0 Å². The standard InChI is InChI=1S/C16H23N3O/c1-3-19(4-2)15-11-9-13(10-12-15)16(20)18-17-14-7-5-6-8-14/h9-12H,3-8H2,1-2H3,(H,18,20). The van der Waals surface area contributed by atoms with Crippen molar-refractivity contribution >= 4 is 17.3 Å². The molecule has 4 heteroatoms. The van der Waals surface area contributed by atoms with Crippen LogP contribution in [0.1, 0.15) is 49.9 Å². The van der Waals surface area contributed by atoms with E-state index in [0.29, 0.717) is 5.56 Å². The Bertz CT molecular complexity index is 467. The van der Waals surface area contributed by atoms with Gasteiger partial charge in [0, 0.05) is 30.1 Å². The highest BCUT2D eigenvalue weighted by Crippen LogP contribution is 2.16. The summed E-state index contributed by atoms with van der Waals surface area (Å²) in [6.07, 6.45) is 4.41. The number of amides is 1. The van der Waals surface area contributed by atoms with Crippen LogP contribution in [0, 0.1) is 0 Å². The highest BCUT2D eigenvalue weighted by atomic mass is 16.2. The first kappa shape index (κ1) is 14.6. The van der Waals surface area contributed by atoms with Crippen molar-refractivity contribution in [1.82, 2.24) is 5.43 Å². The summed E-state index contributed by atoms with van der Waals surface area (Å²) >= 11 is 0. The van der Waals surface area contributed by atoms with Crippen LogP contribution in [0.5, 0.6) is 0 Å². The minimum Gasteiger partial charge on any atom is -0.372 e. The molecule has 0 atom stereocenters. The van der Waals surface area contributed by atoms with Gasteiger partial charge in [0.25, 0.3) is 5.91 Å². The Balaban J connectivity index is 1.98. The summed E-state index contributed by atoms with van der Waals surface area (Å²) in [7, 11) is 0. The van der Waals surface area contributed by atoms with Crippen LogP contribution in [0.2, 0.25) is 0 Å². The van der Waals surface area contributed by atoms with E-state index < -0.39 is 0 Å². The lowest BCUT2D eigenvalue weighted by atomic mass is 10.2. The number of rotatable bonds is 5. The van der Waals surface area contributed by atoms with Crippen molar-refractivity contribution in [3.05, 3.63) is 29.8 Å². The lowest BCUT2D eigenvalue weighted by molar-refractivity contribution is 0.0954. The van der Waals surface area contributed by atoms with Gasteiger partial charge in [-0.3, -0.25) is 4.79 Å². The number of nitrogens with one attached hydrogen (secondary N) is 1. The summed E-state index contributed by atoms with van der Waals surface area (Å²) in [5.41, 5.74) is 5.57. The van der Waals surface area contributed by atoms with E-state index in [1.54, 1.807) is 0 Å². The maximum atomic E-state index is 12.0. The van der Waals surface area contributed by atoms with Crippen molar-refractivity contribution in [2.45, 2.75) is 39.5 Å². The third-order valence-corrected chi connectivity index (χ3v) is 3.75. The molecule has 0 radical (unpaired) electrons. The lowest BCUT2D eigenvalue weighted by Crippen LogP contribution is -2.22. The Kier molecular flexibility index (Phi) is 5.16. The Hall–Kier alpha value is -1.84. The predicted molar refractivity (Wildman–Crippen MR) is 83.4 cm³/mol. The molecule has 2 rings (SSSR count). The van der Waals surface area contributed by atoms with Crippen LogP contribution in [0.25, 0.3) is 0 Å². The van der Waals surface area contributed by atoms with Crippen molar-refractivity contribution < 1.29 is 4.79 Å². The van der Waals surface area contributed by atoms with Crippen molar-refractivity contribution in [1.29, 1.82) is 0 Å². The number of nitrogens with zero attached hydrogens (tertiary/aromatic N) is 2. The fraction of sp³-hybridized carbons (Fsp3) is 0.500. The van der Waals surface area contributed by atoms with Gasteiger partial charge in [-0.15, -0.1) is 0 Å². The molecule has 1 aliphatic carbocycles. The van der Waals surface area contributed by atoms with Crippen molar-refractivity contribution in [3.63, 3.8) is 0 Å². The number of carbonyl (C=O) groups excluding carboxylic acids is 1. The van der Waals surface area contributed by atoms with Gasteiger partial charge < -0.3 is 4.90 Å². The van der Waals surface area contributed by atoms with Gasteiger partial charge in [-0.1, -0.05) is 0 Å². The van der Waals surface area contributed by atoms with Gasteiger partial charge in [0.2, 0.25) is 0 Å². The predicted octanol–water partition coefficient (Wildman–Crippen LogP) is 3.19. The SMILES string of the molecule is CCN(CC)c1ccc(C(=O)NN=C2CCCC2)cc1. The van der Waals surface area contributed by atoms with Gasteiger partial charge in [0.05, 0.1) is 0 Å². The van der Waals surface area contributed by atoms with Crippen LogP contribution in [0.15, 0.2) is 29.4 Å². The van der Waals surface area contributed by atoms with E-state index in [0.717, 1.165) is 37.3 Å². The van der Waals surface area contributed by atoms with Gasteiger partial charge in [-0.05, 0) is 63.8 Å². The molecule has 1 aromatic rings. The van der Waals surface area contributed by atoms with Crippen LogP contribution in [0.3, 0.4) is 0 Å². The molecule has 0 saturated heterocycles. The summed E-state index contributed by atoms with van der Waals surface area (Å²) in [4.78, 5) is 14.2. The highest BCUT2D eigenvalue weighted by molar-refractivity contribution is 5.96. The molecule has 1 aliphatic rings. The fourth-order valence-electron chi connectivity index (χ4n) is 2.50. The molecular weight excluding hydrogens is 250 g/mol. The highest BCUT2D eigenvalue weighted by Gasteiger charge is 2.10. The molecule has 20 heavy (non-hydrogen) atoms. The van der Waals surface area contributed by atoms with E-state index in [1.165, 1.54) is 12.8 Å². The number of anilines is 1. The maximum absolute atomic E-state index is 12.0. The molecule has 0 bridgehead atoms. The minimum atomic E-state index is -0.129. The van der Waals surface area contributed by atoms with E-state index in [9.17, 15) is 4.79 Å². The molecule has 0 heterocycles. The van der Waals surface area contributed by atoms with Crippen LogP contribution in [-0.2, 0) is 0 Å². The molecule has 1 N–H and O–H groups in total. The molecule has 0 unspecified atom stereocenters. The number of hydrazone groups is 1. The van der Waals surface area contributed by atoms with E-state index in [2.05, 4.69) is 29.3 Å². The average Bonchev–Trinajstić information content (AvgIpc) is 3.00. The van der Waals surface area contributed by atoms with E-state index in [1.807, 2.05) is 24.3 Å². The molecule has 0 spiro atoms. The van der Waals surface area contributed by atoms with Crippen molar-refractivity contribution in [3.8, 4) is 0 Å². The minimum absolute atomic E-state index is 0.129. The number of hydrogen-bond donors (Lipinski definition) is 1. The molecule has 1 aromatic carbocycles. The number of carbonyl (C=O) groups is 1. The Morgan fingerprint density at radius 3 is 2.30 bits per heavy atom. The van der Waals surface area contributed by atoms with E-state index in [-0.39, 0.29) is 5.91 Å². The Morgan fingerprint density at radius 1 is 1.15 bits per heavy atom. The Labute approximate surface area is 120 Å². The molecule has 1 fully saturated rings. The largest absolute Gasteiger partial charge is 0.372 e. The second-order valence-corrected chi connectivity index (χ2v) is 5.05. The quantitative estimate of drug-likeness (QED) is 0.837. The third-order valence-electron chi connectivity index (χ3n) is 3.75. The molecule has 1 saturated carbocycles. The van der Waals surface area contributed by atoms with E-state index in [4.69, 9.17) is 0 Å². The van der Waals surface area contributed by atoms with Crippen LogP contribution >= 0.6 is 0 Å². The number of hydrogen-bond acceptors (Lipinski definition) is 3. The zero-order chi connectivity index (χ0) is 14.4. The molecule has 108 valence electrons. The van der Waals surface area contributed by atoms with Crippen LogP contribution in [0.4, 0.5) is 5.69 Å². The van der Waals surface area contributed by atoms with Gasteiger partial charge in [-0.25, -0.2) is 5.43 Å². The summed E-state index contributed by atoms with van der Waals surface area (Å²) < 4.78 is 0. The summed E-state index contributed by atoms with van der Waals surface area (Å²) in [6, 6.07) is 7.70. The van der Waals surface area contributed by atoms with Crippen LogP contribution < -0.4 is 10.3 Å². The lowest BCUT2D eigenvalue weighted by Gasteiger charge is -2.20. The maximum Gasteiger partial charge on any atom is 0.271 e. The van der Waals surface area contributed by atoms with Crippen LogP contribution in [-0.4, -0.2) is 24.7 Å². The third kappa shape index (κ3) is 3.59. The van der Waals surface area contributed by atoms with Gasteiger partial charge in [0.15, 0.2) is 0 Å². The zero-order valence-electron chi connectivity index (χ0n) is 12.4. The number of benzene rings is 1. The average molecular weight is 273 g/mol. The molecular formula is C16H23N3O. The Morgan fingerprint density at radius 2 is 1.75 bits per heavy atom. The monoisotopic (exact) mass is 273 g/mol. The van der Waals surface area contributed by atoms with Gasteiger partial charge >= 0.3 is 0 Å². The molecule has 0 aromatic heterocycles. The van der Waals surface area contributed by atoms with E-state index >= 15 is 0 Å². The first-order valence-electron chi connectivity index (χ1n) is 7.45. The second-order valence-electron chi connectivity index (χ2n) is 5.05. The second kappa shape index (κ2) is 7.08. The van der Waals surface area contributed by atoms with Gasteiger partial charge in [-0.2, -0.15) is 5.10 Å². The normalized spacial score (nSPS) is 14.2. The first-order chi connectivity index (χ1) is 9.74. The van der Waals surface area contributed by atoms with Crippen molar-refractivity contribution in [2.24, 2.45) is 5.10 Å². The molecule has 0 aliphatic heterocycles. The summed E-state index contributed by atoms with van der Waals surface area (Å²) in [5, 5.41) is 4.20. The zero-order valence-corrected chi connectivity index (χ0v) is 12.4. The molecule has 4 nitrogen and oxygen atoms in total. The topological polar surface area (TPSA) is 44.7 Å². The fourth-order valence-corrected chi connectivity index (χ4v) is 2.50. The summed E-state index contributed by atoms with van der Waals surface area (Å²) in [5.74, 6) is -0.129. The smallest absolute Gasteiger partial charge is 0.271 e. The molecule has 1 amide bonds. The first-order valence-corrected chi connectivity index (χ1v) is 7.45.